The van der Waals surface area contributed by atoms with E-state index in [9.17, 15) is 0 Å². The molecule has 5 rings (SSSR count). The second-order valence-corrected chi connectivity index (χ2v) is 6.35. The number of H-pyrrole nitrogens is 1. The number of fused-ring (bicyclic) bond motifs is 1. The van der Waals surface area contributed by atoms with Gasteiger partial charge in [-0.3, -0.25) is 10.1 Å². The van der Waals surface area contributed by atoms with Crippen molar-refractivity contribution in [3.05, 3.63) is 60.8 Å². The average Bonchev–Trinajstić information content (AvgIpc) is 3.35. The zero-order chi connectivity index (χ0) is 19.8. The molecule has 4 aromatic heterocycles. The number of nitrogen functional groups attached to an aromatic ring is 1. The molecule has 4 heterocycles. The van der Waals surface area contributed by atoms with Crippen LogP contribution in [-0.2, 0) is 0 Å². The Hall–Kier alpha value is -4.34. The molecule has 0 radical (unpaired) electrons. The first kappa shape index (κ1) is 16.8. The van der Waals surface area contributed by atoms with Gasteiger partial charge in [-0.2, -0.15) is 20.1 Å². The van der Waals surface area contributed by atoms with Crippen LogP contribution in [0.5, 0.6) is 0 Å². The lowest BCUT2D eigenvalue weighted by atomic mass is 10.1. The van der Waals surface area contributed by atoms with Crippen LogP contribution < -0.4 is 11.1 Å². The quantitative estimate of drug-likeness (QED) is 0.430. The van der Waals surface area contributed by atoms with Crippen LogP contribution in [0.25, 0.3) is 28.1 Å². The number of nitrogens with zero attached hydrogens (tertiary/aromatic N) is 7. The first-order valence-electron chi connectivity index (χ1n) is 8.85. The molecule has 0 aliphatic heterocycles. The van der Waals surface area contributed by atoms with E-state index >= 15 is 0 Å². The predicted molar refractivity (Wildman–Crippen MR) is 109 cm³/mol. The summed E-state index contributed by atoms with van der Waals surface area (Å²) in [5, 5.41) is 10.1. The van der Waals surface area contributed by atoms with Gasteiger partial charge in [0.15, 0.2) is 0 Å². The van der Waals surface area contributed by atoms with Crippen LogP contribution in [0.2, 0.25) is 0 Å². The molecule has 0 amide bonds. The van der Waals surface area contributed by atoms with Gasteiger partial charge in [-0.25, -0.2) is 9.55 Å². The highest BCUT2D eigenvalue weighted by molar-refractivity contribution is 5.86. The van der Waals surface area contributed by atoms with Gasteiger partial charge in [0.05, 0.1) is 17.2 Å². The fourth-order valence-corrected chi connectivity index (χ4v) is 3.12. The van der Waals surface area contributed by atoms with Crippen molar-refractivity contribution in [3.8, 4) is 17.1 Å². The molecule has 0 atom stereocenters. The van der Waals surface area contributed by atoms with Gasteiger partial charge in [-0.1, -0.05) is 6.07 Å². The lowest BCUT2D eigenvalue weighted by Gasteiger charge is -2.09. The second kappa shape index (κ2) is 6.68. The minimum Gasteiger partial charge on any atom is -0.368 e. The molecule has 4 N–H and O–H groups in total. The normalized spacial score (nSPS) is 11.1. The smallest absolute Gasteiger partial charge is 0.242 e. The van der Waals surface area contributed by atoms with Crippen molar-refractivity contribution in [2.24, 2.45) is 0 Å². The Labute approximate surface area is 164 Å². The lowest BCUT2D eigenvalue weighted by Crippen LogP contribution is -2.10. The summed E-state index contributed by atoms with van der Waals surface area (Å²) in [5.41, 5.74) is 9.55. The Morgan fingerprint density at radius 2 is 1.79 bits per heavy atom. The molecule has 0 spiro atoms. The molecule has 10 heteroatoms. The molecule has 10 nitrogen and oxygen atoms in total. The van der Waals surface area contributed by atoms with Crippen molar-refractivity contribution in [1.82, 2.24) is 39.7 Å². The van der Waals surface area contributed by atoms with Crippen LogP contribution in [0, 0.1) is 6.92 Å². The number of rotatable bonds is 4. The number of hydrogen-bond donors (Lipinski definition) is 3. The molecule has 142 valence electrons. The predicted octanol–water partition coefficient (Wildman–Crippen LogP) is 2.63. The Morgan fingerprint density at radius 3 is 2.55 bits per heavy atom. The van der Waals surface area contributed by atoms with Gasteiger partial charge in [0.25, 0.3) is 0 Å². The van der Waals surface area contributed by atoms with E-state index in [0.29, 0.717) is 23.5 Å². The maximum Gasteiger partial charge on any atom is 0.242 e. The lowest BCUT2D eigenvalue weighted by molar-refractivity contribution is 0.893. The van der Waals surface area contributed by atoms with Gasteiger partial charge in [0.1, 0.15) is 11.6 Å². The van der Waals surface area contributed by atoms with Crippen molar-refractivity contribution in [2.45, 2.75) is 6.92 Å². The van der Waals surface area contributed by atoms with Crippen LogP contribution in [-0.4, -0.2) is 39.7 Å². The molecule has 0 saturated carbocycles. The van der Waals surface area contributed by atoms with Gasteiger partial charge >= 0.3 is 0 Å². The Bertz CT molecular complexity index is 1270. The molecular formula is C19H16N10. The minimum atomic E-state index is 0.145. The largest absolute Gasteiger partial charge is 0.368 e. The standard InChI is InChI=1S/C19H16N10/c1-11-23-17(20)27-18(24-11)29-15-10-13(12-4-7-21-8-5-12)2-3-14(15)25-19(29)26-16-6-9-22-28-16/h2-10H,1H3,(H2,20,23,24,27)(H2,22,25,26,28). The van der Waals surface area contributed by atoms with Gasteiger partial charge < -0.3 is 11.1 Å². The van der Waals surface area contributed by atoms with E-state index in [1.807, 2.05) is 34.9 Å². The molecular weight excluding hydrogens is 368 g/mol. The Balaban J connectivity index is 1.75. The number of hydrogen-bond acceptors (Lipinski definition) is 8. The molecule has 0 bridgehead atoms. The average molecular weight is 384 g/mol. The first-order valence-corrected chi connectivity index (χ1v) is 8.85. The molecule has 0 aliphatic carbocycles. The van der Waals surface area contributed by atoms with E-state index < -0.39 is 0 Å². The number of aryl methyl sites for hydroxylation is 1. The van der Waals surface area contributed by atoms with Crippen molar-refractivity contribution >= 4 is 28.7 Å². The molecule has 0 fully saturated rings. The van der Waals surface area contributed by atoms with Gasteiger partial charge in [0.2, 0.25) is 17.8 Å². The van der Waals surface area contributed by atoms with Crippen molar-refractivity contribution in [1.29, 1.82) is 0 Å². The summed E-state index contributed by atoms with van der Waals surface area (Å²) >= 11 is 0. The fraction of sp³-hybridized carbons (Fsp3) is 0.0526. The van der Waals surface area contributed by atoms with Crippen LogP contribution in [0.15, 0.2) is 55.0 Å². The first-order chi connectivity index (χ1) is 14.2. The number of benzene rings is 1. The van der Waals surface area contributed by atoms with Crippen molar-refractivity contribution in [2.75, 3.05) is 11.1 Å². The summed E-state index contributed by atoms with van der Waals surface area (Å²) < 4.78 is 1.81. The fourth-order valence-electron chi connectivity index (χ4n) is 3.12. The van der Waals surface area contributed by atoms with Crippen molar-refractivity contribution in [3.63, 3.8) is 0 Å². The second-order valence-electron chi connectivity index (χ2n) is 6.35. The number of imidazole rings is 1. The molecule has 29 heavy (non-hydrogen) atoms. The van der Waals surface area contributed by atoms with E-state index in [1.165, 1.54) is 0 Å². The summed E-state index contributed by atoms with van der Waals surface area (Å²) in [6.07, 6.45) is 5.18. The number of nitrogens with two attached hydrogens (primary N) is 1. The summed E-state index contributed by atoms with van der Waals surface area (Å²) in [4.78, 5) is 21.7. The Morgan fingerprint density at radius 1 is 0.931 bits per heavy atom. The van der Waals surface area contributed by atoms with Crippen molar-refractivity contribution < 1.29 is 0 Å². The summed E-state index contributed by atoms with van der Waals surface area (Å²) in [5.74, 6) is 2.27. The minimum absolute atomic E-state index is 0.145. The van der Waals surface area contributed by atoms with E-state index in [2.05, 4.69) is 35.5 Å². The zero-order valence-corrected chi connectivity index (χ0v) is 15.4. The number of aromatic amines is 1. The van der Waals surface area contributed by atoms with E-state index in [4.69, 9.17) is 10.7 Å². The Kier molecular flexibility index (Phi) is 3.87. The monoisotopic (exact) mass is 384 g/mol. The third-order valence-corrected chi connectivity index (χ3v) is 4.37. The topological polar surface area (TPSA) is 136 Å². The maximum absolute atomic E-state index is 5.88. The number of anilines is 3. The number of nitrogens with one attached hydrogen (secondary N) is 2. The zero-order valence-electron chi connectivity index (χ0n) is 15.4. The van der Waals surface area contributed by atoms with E-state index in [1.54, 1.807) is 31.6 Å². The summed E-state index contributed by atoms with van der Waals surface area (Å²) in [6.45, 7) is 1.77. The van der Waals surface area contributed by atoms with Crippen LogP contribution in [0.4, 0.5) is 17.7 Å². The highest BCUT2D eigenvalue weighted by Crippen LogP contribution is 2.29. The highest BCUT2D eigenvalue weighted by Gasteiger charge is 2.17. The number of aromatic nitrogens is 8. The van der Waals surface area contributed by atoms with Crippen LogP contribution in [0.3, 0.4) is 0 Å². The highest BCUT2D eigenvalue weighted by atomic mass is 15.3. The molecule has 0 unspecified atom stereocenters. The molecule has 0 aliphatic rings. The van der Waals surface area contributed by atoms with Gasteiger partial charge in [0, 0.05) is 18.5 Å². The van der Waals surface area contributed by atoms with E-state index in [0.717, 1.165) is 22.2 Å². The molecule has 0 saturated heterocycles. The third-order valence-electron chi connectivity index (χ3n) is 4.37. The van der Waals surface area contributed by atoms with Crippen LogP contribution >= 0.6 is 0 Å². The van der Waals surface area contributed by atoms with E-state index in [-0.39, 0.29) is 5.95 Å². The summed E-state index contributed by atoms with van der Waals surface area (Å²) in [6, 6.07) is 11.7. The molecule has 5 aromatic rings. The third kappa shape index (κ3) is 3.12. The summed E-state index contributed by atoms with van der Waals surface area (Å²) in [7, 11) is 0. The maximum atomic E-state index is 5.88. The molecule has 1 aromatic carbocycles. The SMILES string of the molecule is Cc1nc(N)nc(-n2c(Nc3ccn[nH]3)nc3ccc(-c4ccncc4)cc32)n1. The van der Waals surface area contributed by atoms with Crippen LogP contribution in [0.1, 0.15) is 5.82 Å². The van der Waals surface area contributed by atoms with Gasteiger partial charge in [-0.05, 0) is 42.3 Å². The number of pyridine rings is 1. The van der Waals surface area contributed by atoms with Gasteiger partial charge in [-0.15, -0.1) is 0 Å².